The van der Waals surface area contributed by atoms with Crippen molar-refractivity contribution in [3.63, 3.8) is 0 Å². The molecule has 3 aliphatic heterocycles. The summed E-state index contributed by atoms with van der Waals surface area (Å²) in [4.78, 5) is 20.8. The van der Waals surface area contributed by atoms with E-state index in [4.69, 9.17) is 9.47 Å². The Balaban J connectivity index is 1.45. The first kappa shape index (κ1) is 15.9. The average Bonchev–Trinajstić information content (AvgIpc) is 3.00. The number of hydrogen-bond acceptors (Lipinski definition) is 5. The summed E-state index contributed by atoms with van der Waals surface area (Å²) in [6, 6.07) is 3.49. The van der Waals surface area contributed by atoms with Gasteiger partial charge in [0.05, 0.1) is 24.0 Å². The second-order valence-corrected chi connectivity index (χ2v) is 6.72. The molecule has 7 heteroatoms. The molecule has 0 bridgehead atoms. The number of pyridine rings is 1. The molecule has 130 valence electrons. The fourth-order valence-corrected chi connectivity index (χ4v) is 4.00. The van der Waals surface area contributed by atoms with Crippen molar-refractivity contribution >= 4 is 5.91 Å². The van der Waals surface area contributed by atoms with Crippen LogP contribution in [0.2, 0.25) is 0 Å². The first-order valence-electron chi connectivity index (χ1n) is 8.54. The van der Waals surface area contributed by atoms with E-state index in [1.54, 1.807) is 6.07 Å². The van der Waals surface area contributed by atoms with Crippen molar-refractivity contribution in [3.8, 4) is 0 Å². The number of fused-ring (bicyclic) bond motifs is 1. The summed E-state index contributed by atoms with van der Waals surface area (Å²) in [6.45, 7) is 3.79. The van der Waals surface area contributed by atoms with Crippen molar-refractivity contribution in [1.82, 2.24) is 14.8 Å². The van der Waals surface area contributed by atoms with Crippen LogP contribution in [-0.4, -0.2) is 71.8 Å². The predicted octanol–water partition coefficient (Wildman–Crippen LogP) is 0.811. The summed E-state index contributed by atoms with van der Waals surface area (Å²) in [6.07, 6.45) is 3.08. The van der Waals surface area contributed by atoms with Gasteiger partial charge < -0.3 is 14.4 Å². The highest BCUT2D eigenvalue weighted by molar-refractivity contribution is 5.79. The molecule has 0 aromatic carbocycles. The first-order valence-corrected chi connectivity index (χ1v) is 8.54. The zero-order chi connectivity index (χ0) is 16.5. The van der Waals surface area contributed by atoms with Gasteiger partial charge >= 0.3 is 0 Å². The number of hydrogen-bond donors (Lipinski definition) is 0. The molecule has 3 fully saturated rings. The topological polar surface area (TPSA) is 54.9 Å². The summed E-state index contributed by atoms with van der Waals surface area (Å²) in [5.74, 6) is -0.238. The molecule has 0 unspecified atom stereocenters. The number of ether oxygens (including phenoxy) is 2. The van der Waals surface area contributed by atoms with Crippen LogP contribution >= 0.6 is 0 Å². The molecule has 2 atom stereocenters. The number of likely N-dealkylation sites (tertiary alicyclic amines) is 1. The fourth-order valence-electron chi connectivity index (χ4n) is 4.00. The highest BCUT2D eigenvalue weighted by Crippen LogP contribution is 2.29. The molecule has 0 radical (unpaired) electrons. The maximum Gasteiger partial charge on any atom is 0.249 e. The number of carbonyl (C=O) groups excluding carboxylic acids is 1. The van der Waals surface area contributed by atoms with Gasteiger partial charge in [-0.2, -0.15) is 0 Å². The molecule has 0 aliphatic carbocycles. The molecular formula is C17H22FN3O3. The molecule has 4 rings (SSSR count). The maximum atomic E-state index is 13.0. The molecule has 1 aromatic heterocycles. The van der Waals surface area contributed by atoms with Crippen molar-refractivity contribution in [2.24, 2.45) is 0 Å². The van der Waals surface area contributed by atoms with Crippen molar-refractivity contribution in [3.05, 3.63) is 29.8 Å². The van der Waals surface area contributed by atoms with E-state index in [9.17, 15) is 9.18 Å². The van der Waals surface area contributed by atoms with E-state index in [2.05, 4.69) is 14.8 Å². The normalized spacial score (nSPS) is 29.0. The van der Waals surface area contributed by atoms with Crippen molar-refractivity contribution in [2.75, 3.05) is 32.9 Å². The minimum Gasteiger partial charge on any atom is -0.381 e. The van der Waals surface area contributed by atoms with Crippen LogP contribution in [0.3, 0.4) is 0 Å². The highest BCUT2D eigenvalue weighted by atomic mass is 19.1. The van der Waals surface area contributed by atoms with Gasteiger partial charge in [0.2, 0.25) is 5.91 Å². The number of rotatable bonds is 3. The highest BCUT2D eigenvalue weighted by Gasteiger charge is 2.45. The second kappa shape index (κ2) is 6.74. The molecule has 3 saturated heterocycles. The van der Waals surface area contributed by atoms with E-state index in [1.165, 1.54) is 12.3 Å². The number of carbonyl (C=O) groups is 1. The lowest BCUT2D eigenvalue weighted by molar-refractivity contribution is -0.159. The van der Waals surface area contributed by atoms with Gasteiger partial charge in [-0.3, -0.25) is 14.7 Å². The van der Waals surface area contributed by atoms with Crippen molar-refractivity contribution in [1.29, 1.82) is 0 Å². The predicted molar refractivity (Wildman–Crippen MR) is 83.7 cm³/mol. The first-order chi connectivity index (χ1) is 11.7. The third kappa shape index (κ3) is 3.16. The number of nitrogens with zero attached hydrogens (tertiary/aromatic N) is 3. The third-order valence-electron chi connectivity index (χ3n) is 5.14. The molecule has 3 aliphatic rings. The molecule has 1 aromatic rings. The van der Waals surface area contributed by atoms with E-state index in [-0.39, 0.29) is 36.5 Å². The number of halogens is 1. The van der Waals surface area contributed by atoms with Gasteiger partial charge in [0.15, 0.2) is 0 Å². The molecule has 1 amide bonds. The minimum atomic E-state index is -0.325. The second-order valence-electron chi connectivity index (χ2n) is 6.72. The molecule has 0 spiro atoms. The zero-order valence-corrected chi connectivity index (χ0v) is 13.6. The molecule has 0 N–H and O–H groups in total. The summed E-state index contributed by atoms with van der Waals surface area (Å²) in [7, 11) is 0. The van der Waals surface area contributed by atoms with Crippen LogP contribution in [-0.2, 0) is 20.8 Å². The summed E-state index contributed by atoms with van der Waals surface area (Å²) in [5, 5.41) is 0. The quantitative estimate of drug-likeness (QED) is 0.818. The van der Waals surface area contributed by atoms with Crippen LogP contribution in [0.5, 0.6) is 0 Å². The summed E-state index contributed by atoms with van der Waals surface area (Å²) >= 11 is 0. The Labute approximate surface area is 140 Å². The van der Waals surface area contributed by atoms with Crippen LogP contribution in [0.25, 0.3) is 0 Å². The lowest BCUT2D eigenvalue weighted by atomic mass is 10.0. The Morgan fingerprint density at radius 2 is 2.08 bits per heavy atom. The van der Waals surface area contributed by atoms with E-state index in [1.807, 2.05) is 0 Å². The van der Waals surface area contributed by atoms with E-state index in [0.717, 1.165) is 44.8 Å². The van der Waals surface area contributed by atoms with Gasteiger partial charge in [0, 0.05) is 38.9 Å². The maximum absolute atomic E-state index is 13.0. The minimum absolute atomic E-state index is 0.0472. The zero-order valence-electron chi connectivity index (χ0n) is 13.6. The van der Waals surface area contributed by atoms with Crippen molar-refractivity contribution < 1.29 is 18.7 Å². The summed E-state index contributed by atoms with van der Waals surface area (Å²) < 4.78 is 24.2. The van der Waals surface area contributed by atoms with E-state index >= 15 is 0 Å². The third-order valence-corrected chi connectivity index (χ3v) is 5.14. The lowest BCUT2D eigenvalue weighted by Gasteiger charge is -2.43. The van der Waals surface area contributed by atoms with Gasteiger partial charge in [-0.25, -0.2) is 4.39 Å². The molecule has 24 heavy (non-hydrogen) atoms. The number of aromatic nitrogens is 1. The Morgan fingerprint density at radius 1 is 1.25 bits per heavy atom. The van der Waals surface area contributed by atoms with Crippen LogP contribution in [0.1, 0.15) is 18.5 Å². The molecular weight excluding hydrogens is 313 g/mol. The molecule has 6 nitrogen and oxygen atoms in total. The Kier molecular flexibility index (Phi) is 4.47. The Hall–Kier alpha value is -1.57. The summed E-state index contributed by atoms with van der Waals surface area (Å²) in [5.41, 5.74) is 0.832. The van der Waals surface area contributed by atoms with E-state index in [0.29, 0.717) is 6.54 Å². The van der Waals surface area contributed by atoms with Crippen molar-refractivity contribution in [2.45, 2.75) is 37.6 Å². The smallest absolute Gasteiger partial charge is 0.249 e. The molecule has 4 heterocycles. The fraction of sp³-hybridized carbons (Fsp3) is 0.647. The monoisotopic (exact) mass is 335 g/mol. The Morgan fingerprint density at radius 3 is 2.83 bits per heavy atom. The van der Waals surface area contributed by atoms with E-state index < -0.39 is 0 Å². The van der Waals surface area contributed by atoms with Gasteiger partial charge in [0.25, 0.3) is 0 Å². The van der Waals surface area contributed by atoms with Crippen LogP contribution in [0.4, 0.5) is 4.39 Å². The standard InChI is InChI=1S/C17H22FN3O3/c18-12-1-2-13(19-7-12)8-20-9-15-16(10-20)24-11-17(22)21(15)14-3-5-23-6-4-14/h1-2,7,14-16H,3-6,8-11H2/t15-,16-/m0/s1. The lowest BCUT2D eigenvalue weighted by Crippen LogP contribution is -2.58. The van der Waals surface area contributed by atoms with Crippen LogP contribution < -0.4 is 0 Å². The average molecular weight is 335 g/mol. The Bertz CT molecular complexity index is 591. The molecule has 0 saturated carbocycles. The number of amides is 1. The number of morpholine rings is 1. The van der Waals surface area contributed by atoms with Gasteiger partial charge in [0.1, 0.15) is 12.4 Å². The SMILES string of the molecule is O=C1CO[C@H]2CN(Cc3ccc(F)cn3)C[C@@H]2N1C1CCOCC1. The van der Waals surface area contributed by atoms with Crippen LogP contribution in [0, 0.1) is 5.82 Å². The largest absolute Gasteiger partial charge is 0.381 e. The van der Waals surface area contributed by atoms with Gasteiger partial charge in [-0.15, -0.1) is 0 Å². The van der Waals surface area contributed by atoms with Crippen LogP contribution in [0.15, 0.2) is 18.3 Å². The van der Waals surface area contributed by atoms with Gasteiger partial charge in [-0.05, 0) is 25.0 Å². The van der Waals surface area contributed by atoms with Gasteiger partial charge in [-0.1, -0.05) is 0 Å².